The molecule has 0 radical (unpaired) electrons. The molecule has 0 aliphatic heterocycles. The lowest BCUT2D eigenvalue weighted by atomic mass is 9.94. The minimum Gasteiger partial charge on any atom is -0.113 e. The zero-order valence-electron chi connectivity index (χ0n) is 12.8. The predicted molar refractivity (Wildman–Crippen MR) is 88.6 cm³/mol. The van der Waals surface area contributed by atoms with Gasteiger partial charge in [-0.3, -0.25) is 0 Å². The SMILES string of the molecule is Cc1cccc(C)c1C(Cl)c1ccc(CC(C)C)cc1. The van der Waals surface area contributed by atoms with E-state index in [1.807, 2.05) is 0 Å². The van der Waals surface area contributed by atoms with E-state index < -0.39 is 0 Å². The Bertz CT molecular complexity index is 547. The fourth-order valence-corrected chi connectivity index (χ4v) is 3.18. The van der Waals surface area contributed by atoms with E-state index in [1.165, 1.54) is 27.8 Å². The summed E-state index contributed by atoms with van der Waals surface area (Å²) in [5.41, 5.74) is 6.32. The first-order valence-electron chi connectivity index (χ1n) is 7.28. The summed E-state index contributed by atoms with van der Waals surface area (Å²) in [6.07, 6.45) is 1.12. The van der Waals surface area contributed by atoms with Gasteiger partial charge in [-0.05, 0) is 54.0 Å². The van der Waals surface area contributed by atoms with Crippen LogP contribution in [0.25, 0.3) is 0 Å². The van der Waals surface area contributed by atoms with Gasteiger partial charge in [0, 0.05) is 0 Å². The summed E-state index contributed by atoms with van der Waals surface area (Å²) < 4.78 is 0. The number of aryl methyl sites for hydroxylation is 2. The number of rotatable bonds is 4. The van der Waals surface area contributed by atoms with Crippen molar-refractivity contribution in [1.29, 1.82) is 0 Å². The smallest absolute Gasteiger partial charge is 0.0840 e. The number of hydrogen-bond acceptors (Lipinski definition) is 0. The van der Waals surface area contributed by atoms with Crippen molar-refractivity contribution in [2.24, 2.45) is 5.92 Å². The average Bonchev–Trinajstić information content (AvgIpc) is 2.38. The molecular weight excluding hydrogens is 264 g/mol. The highest BCUT2D eigenvalue weighted by atomic mass is 35.5. The third kappa shape index (κ3) is 3.43. The van der Waals surface area contributed by atoms with Crippen molar-refractivity contribution in [2.45, 2.75) is 39.5 Å². The van der Waals surface area contributed by atoms with Gasteiger partial charge in [0.05, 0.1) is 5.38 Å². The molecule has 0 fully saturated rings. The van der Waals surface area contributed by atoms with E-state index in [2.05, 4.69) is 70.2 Å². The van der Waals surface area contributed by atoms with Crippen LogP contribution in [0.1, 0.15) is 47.0 Å². The van der Waals surface area contributed by atoms with Gasteiger partial charge >= 0.3 is 0 Å². The van der Waals surface area contributed by atoms with Crippen molar-refractivity contribution < 1.29 is 0 Å². The fraction of sp³-hybridized carbons (Fsp3) is 0.368. The highest BCUT2D eigenvalue weighted by molar-refractivity contribution is 6.22. The van der Waals surface area contributed by atoms with E-state index >= 15 is 0 Å². The van der Waals surface area contributed by atoms with Crippen LogP contribution in [-0.2, 0) is 6.42 Å². The van der Waals surface area contributed by atoms with Crippen molar-refractivity contribution in [1.82, 2.24) is 0 Å². The summed E-state index contributed by atoms with van der Waals surface area (Å²) in [5.74, 6) is 0.686. The van der Waals surface area contributed by atoms with Gasteiger partial charge in [0.1, 0.15) is 0 Å². The Morgan fingerprint density at radius 3 is 1.95 bits per heavy atom. The van der Waals surface area contributed by atoms with Crippen molar-refractivity contribution in [3.8, 4) is 0 Å². The van der Waals surface area contributed by atoms with E-state index in [9.17, 15) is 0 Å². The summed E-state index contributed by atoms with van der Waals surface area (Å²) >= 11 is 6.70. The molecule has 2 aromatic carbocycles. The molecule has 1 atom stereocenters. The normalized spacial score (nSPS) is 12.7. The third-order valence-corrected chi connectivity index (χ3v) is 4.18. The van der Waals surface area contributed by atoms with Crippen LogP contribution in [0, 0.1) is 19.8 Å². The molecule has 106 valence electrons. The third-order valence-electron chi connectivity index (χ3n) is 3.71. The van der Waals surface area contributed by atoms with Gasteiger partial charge in [-0.1, -0.05) is 56.3 Å². The van der Waals surface area contributed by atoms with Crippen LogP contribution in [0.5, 0.6) is 0 Å². The van der Waals surface area contributed by atoms with Gasteiger partial charge in [0.2, 0.25) is 0 Å². The molecule has 0 amide bonds. The summed E-state index contributed by atoms with van der Waals surface area (Å²) in [5, 5.41) is -0.0655. The highest BCUT2D eigenvalue weighted by Gasteiger charge is 2.15. The Morgan fingerprint density at radius 1 is 0.900 bits per heavy atom. The maximum atomic E-state index is 6.70. The second-order valence-electron chi connectivity index (χ2n) is 6.01. The number of benzene rings is 2. The van der Waals surface area contributed by atoms with E-state index in [4.69, 9.17) is 11.6 Å². The molecule has 0 aliphatic carbocycles. The Hall–Kier alpha value is -1.27. The minimum atomic E-state index is -0.0655. The van der Waals surface area contributed by atoms with Gasteiger partial charge < -0.3 is 0 Å². The summed E-state index contributed by atoms with van der Waals surface area (Å²) in [6, 6.07) is 15.1. The first-order chi connectivity index (χ1) is 9.49. The van der Waals surface area contributed by atoms with Crippen LogP contribution >= 0.6 is 11.6 Å². The molecule has 20 heavy (non-hydrogen) atoms. The monoisotopic (exact) mass is 286 g/mol. The van der Waals surface area contributed by atoms with Gasteiger partial charge in [-0.2, -0.15) is 0 Å². The minimum absolute atomic E-state index is 0.0655. The van der Waals surface area contributed by atoms with Crippen LogP contribution in [0.4, 0.5) is 0 Å². The van der Waals surface area contributed by atoms with Gasteiger partial charge in [0.25, 0.3) is 0 Å². The topological polar surface area (TPSA) is 0 Å². The molecular formula is C19H23Cl. The average molecular weight is 287 g/mol. The Kier molecular flexibility index (Phi) is 4.88. The van der Waals surface area contributed by atoms with Crippen LogP contribution in [0.3, 0.4) is 0 Å². The summed E-state index contributed by atoms with van der Waals surface area (Å²) in [6.45, 7) is 8.75. The Morgan fingerprint density at radius 2 is 1.45 bits per heavy atom. The predicted octanol–water partition coefficient (Wildman–Crippen LogP) is 5.83. The van der Waals surface area contributed by atoms with Gasteiger partial charge in [-0.15, -0.1) is 11.6 Å². The number of hydrogen-bond donors (Lipinski definition) is 0. The molecule has 0 bridgehead atoms. The largest absolute Gasteiger partial charge is 0.113 e. The maximum Gasteiger partial charge on any atom is 0.0840 e. The number of alkyl halides is 1. The van der Waals surface area contributed by atoms with E-state index in [1.54, 1.807) is 0 Å². The van der Waals surface area contributed by atoms with E-state index in [0.717, 1.165) is 6.42 Å². The Balaban J connectivity index is 2.27. The zero-order chi connectivity index (χ0) is 14.7. The van der Waals surface area contributed by atoms with Gasteiger partial charge in [-0.25, -0.2) is 0 Å². The fourth-order valence-electron chi connectivity index (χ4n) is 2.69. The lowest BCUT2D eigenvalue weighted by Crippen LogP contribution is -2.00. The molecule has 0 aliphatic rings. The molecule has 0 N–H and O–H groups in total. The lowest BCUT2D eigenvalue weighted by Gasteiger charge is -2.16. The second kappa shape index (κ2) is 6.45. The van der Waals surface area contributed by atoms with E-state index in [-0.39, 0.29) is 5.38 Å². The first kappa shape index (κ1) is 15.1. The number of halogens is 1. The summed E-state index contributed by atoms with van der Waals surface area (Å²) in [4.78, 5) is 0. The second-order valence-corrected chi connectivity index (χ2v) is 6.44. The van der Waals surface area contributed by atoms with Crippen molar-refractivity contribution in [2.75, 3.05) is 0 Å². The standard InChI is InChI=1S/C19H23Cl/c1-13(2)12-16-8-10-17(11-9-16)19(20)18-14(3)6-5-7-15(18)4/h5-11,13,19H,12H2,1-4H3. The molecule has 1 unspecified atom stereocenters. The van der Waals surface area contributed by atoms with Crippen LogP contribution < -0.4 is 0 Å². The molecule has 0 nitrogen and oxygen atoms in total. The van der Waals surface area contributed by atoms with E-state index in [0.29, 0.717) is 5.92 Å². The van der Waals surface area contributed by atoms with Gasteiger partial charge in [0.15, 0.2) is 0 Å². The molecule has 1 heteroatoms. The maximum absolute atomic E-state index is 6.70. The van der Waals surface area contributed by atoms with Crippen LogP contribution in [0.15, 0.2) is 42.5 Å². The molecule has 2 aromatic rings. The molecule has 0 heterocycles. The highest BCUT2D eigenvalue weighted by Crippen LogP contribution is 2.33. The summed E-state index contributed by atoms with van der Waals surface area (Å²) in [7, 11) is 0. The quantitative estimate of drug-likeness (QED) is 0.620. The molecule has 2 rings (SSSR count). The molecule has 0 saturated heterocycles. The molecule has 0 saturated carbocycles. The zero-order valence-corrected chi connectivity index (χ0v) is 13.5. The van der Waals surface area contributed by atoms with Crippen molar-refractivity contribution >= 4 is 11.6 Å². The van der Waals surface area contributed by atoms with Crippen LogP contribution in [-0.4, -0.2) is 0 Å². The van der Waals surface area contributed by atoms with Crippen molar-refractivity contribution in [3.63, 3.8) is 0 Å². The lowest BCUT2D eigenvalue weighted by molar-refractivity contribution is 0.647. The Labute approximate surface area is 127 Å². The van der Waals surface area contributed by atoms with Crippen LogP contribution in [0.2, 0.25) is 0 Å². The first-order valence-corrected chi connectivity index (χ1v) is 7.71. The van der Waals surface area contributed by atoms with Crippen molar-refractivity contribution in [3.05, 3.63) is 70.3 Å². The molecule has 0 spiro atoms. The molecule has 0 aromatic heterocycles.